The molecule has 1 unspecified atom stereocenters. The maximum atomic E-state index is 6.08. The highest BCUT2D eigenvalue weighted by molar-refractivity contribution is 6.35. The molecule has 0 bridgehead atoms. The average molecular weight is 246 g/mol. The van der Waals surface area contributed by atoms with Crippen LogP contribution in [-0.2, 0) is 0 Å². The Morgan fingerprint density at radius 3 is 2.60 bits per heavy atom. The van der Waals surface area contributed by atoms with Gasteiger partial charge in [-0.05, 0) is 31.0 Å². The van der Waals surface area contributed by atoms with E-state index in [2.05, 4.69) is 19.2 Å². The van der Waals surface area contributed by atoms with Crippen molar-refractivity contribution in [2.45, 2.75) is 39.2 Å². The highest BCUT2D eigenvalue weighted by Crippen LogP contribution is 2.26. The molecule has 0 fully saturated rings. The molecular formula is C12H17Cl2N. The van der Waals surface area contributed by atoms with E-state index in [0.717, 1.165) is 23.6 Å². The van der Waals surface area contributed by atoms with Gasteiger partial charge in [0.05, 0.1) is 10.7 Å². The third-order valence-electron chi connectivity index (χ3n) is 2.42. The molecule has 0 amide bonds. The summed E-state index contributed by atoms with van der Waals surface area (Å²) in [4.78, 5) is 0. The largest absolute Gasteiger partial charge is 0.381 e. The fourth-order valence-corrected chi connectivity index (χ4v) is 1.90. The SMILES string of the molecule is CCCC(CC)Nc1cc(Cl)ccc1Cl. The number of rotatable bonds is 5. The minimum atomic E-state index is 0.478. The van der Waals surface area contributed by atoms with Crippen molar-refractivity contribution in [2.24, 2.45) is 0 Å². The van der Waals surface area contributed by atoms with Crippen LogP contribution in [0.25, 0.3) is 0 Å². The molecule has 15 heavy (non-hydrogen) atoms. The van der Waals surface area contributed by atoms with Crippen LogP contribution in [0.1, 0.15) is 33.1 Å². The summed E-state index contributed by atoms with van der Waals surface area (Å²) < 4.78 is 0. The van der Waals surface area contributed by atoms with E-state index in [0.29, 0.717) is 11.1 Å². The number of benzene rings is 1. The zero-order valence-corrected chi connectivity index (χ0v) is 10.7. The van der Waals surface area contributed by atoms with Gasteiger partial charge in [-0.25, -0.2) is 0 Å². The van der Waals surface area contributed by atoms with Gasteiger partial charge in [-0.3, -0.25) is 0 Å². The normalized spacial score (nSPS) is 12.5. The molecule has 0 aliphatic rings. The van der Waals surface area contributed by atoms with E-state index in [1.54, 1.807) is 6.07 Å². The monoisotopic (exact) mass is 245 g/mol. The first-order valence-corrected chi connectivity index (χ1v) is 6.14. The van der Waals surface area contributed by atoms with Gasteiger partial charge in [0, 0.05) is 11.1 Å². The van der Waals surface area contributed by atoms with Crippen LogP contribution < -0.4 is 5.32 Å². The molecule has 1 rings (SSSR count). The summed E-state index contributed by atoms with van der Waals surface area (Å²) >= 11 is 12.0. The van der Waals surface area contributed by atoms with Gasteiger partial charge in [0.1, 0.15) is 0 Å². The molecule has 0 saturated carbocycles. The highest BCUT2D eigenvalue weighted by Gasteiger charge is 2.07. The van der Waals surface area contributed by atoms with E-state index < -0.39 is 0 Å². The molecule has 1 N–H and O–H groups in total. The van der Waals surface area contributed by atoms with Crippen LogP contribution in [-0.4, -0.2) is 6.04 Å². The van der Waals surface area contributed by atoms with Crippen molar-refractivity contribution in [3.05, 3.63) is 28.2 Å². The molecule has 0 aliphatic carbocycles. The number of hydrogen-bond acceptors (Lipinski definition) is 1. The van der Waals surface area contributed by atoms with E-state index in [9.17, 15) is 0 Å². The number of anilines is 1. The molecule has 0 aromatic heterocycles. The van der Waals surface area contributed by atoms with Crippen molar-refractivity contribution in [3.63, 3.8) is 0 Å². The maximum absolute atomic E-state index is 6.08. The van der Waals surface area contributed by atoms with Crippen molar-refractivity contribution < 1.29 is 0 Å². The van der Waals surface area contributed by atoms with E-state index in [1.165, 1.54) is 6.42 Å². The Morgan fingerprint density at radius 1 is 1.27 bits per heavy atom. The third kappa shape index (κ3) is 3.92. The Hall–Kier alpha value is -0.400. The predicted octanol–water partition coefficient (Wildman–Crippen LogP) is 4.98. The summed E-state index contributed by atoms with van der Waals surface area (Å²) in [5.74, 6) is 0. The number of nitrogens with one attached hydrogen (secondary N) is 1. The van der Waals surface area contributed by atoms with Gasteiger partial charge in [0.15, 0.2) is 0 Å². The zero-order valence-electron chi connectivity index (χ0n) is 9.19. The topological polar surface area (TPSA) is 12.0 Å². The third-order valence-corrected chi connectivity index (χ3v) is 2.98. The summed E-state index contributed by atoms with van der Waals surface area (Å²) in [5, 5.41) is 4.87. The van der Waals surface area contributed by atoms with Gasteiger partial charge < -0.3 is 5.32 Å². The number of halogens is 2. The van der Waals surface area contributed by atoms with Crippen LogP contribution in [0.4, 0.5) is 5.69 Å². The molecule has 84 valence electrons. The number of hydrogen-bond donors (Lipinski definition) is 1. The lowest BCUT2D eigenvalue weighted by molar-refractivity contribution is 0.623. The highest BCUT2D eigenvalue weighted by atomic mass is 35.5. The van der Waals surface area contributed by atoms with Crippen molar-refractivity contribution >= 4 is 28.9 Å². The first-order valence-electron chi connectivity index (χ1n) is 5.39. The molecule has 1 aromatic rings. The Balaban J connectivity index is 2.73. The van der Waals surface area contributed by atoms with Crippen molar-refractivity contribution in [3.8, 4) is 0 Å². The summed E-state index contributed by atoms with van der Waals surface area (Å²) in [6.45, 7) is 4.36. The zero-order chi connectivity index (χ0) is 11.3. The van der Waals surface area contributed by atoms with Crippen molar-refractivity contribution in [1.82, 2.24) is 0 Å². The lowest BCUT2D eigenvalue weighted by Crippen LogP contribution is -2.18. The van der Waals surface area contributed by atoms with Crippen LogP contribution in [0.5, 0.6) is 0 Å². The van der Waals surface area contributed by atoms with E-state index in [4.69, 9.17) is 23.2 Å². The van der Waals surface area contributed by atoms with Gasteiger partial charge in [0.25, 0.3) is 0 Å². The lowest BCUT2D eigenvalue weighted by Gasteiger charge is -2.18. The molecule has 1 atom stereocenters. The average Bonchev–Trinajstić information content (AvgIpc) is 2.22. The second-order valence-electron chi connectivity index (χ2n) is 3.66. The van der Waals surface area contributed by atoms with Gasteiger partial charge in [0.2, 0.25) is 0 Å². The Bertz CT molecular complexity index is 312. The second-order valence-corrected chi connectivity index (χ2v) is 4.51. The van der Waals surface area contributed by atoms with Gasteiger partial charge in [-0.1, -0.05) is 43.5 Å². The fraction of sp³-hybridized carbons (Fsp3) is 0.500. The van der Waals surface area contributed by atoms with Crippen LogP contribution in [0.2, 0.25) is 10.0 Å². The van der Waals surface area contributed by atoms with Crippen LogP contribution >= 0.6 is 23.2 Å². The summed E-state index contributed by atoms with van der Waals surface area (Å²) in [6.07, 6.45) is 3.42. The summed E-state index contributed by atoms with van der Waals surface area (Å²) in [5.41, 5.74) is 0.935. The van der Waals surface area contributed by atoms with Crippen molar-refractivity contribution in [1.29, 1.82) is 0 Å². The minimum Gasteiger partial charge on any atom is -0.381 e. The van der Waals surface area contributed by atoms with Crippen LogP contribution in [0.15, 0.2) is 18.2 Å². The molecular weight excluding hydrogens is 229 g/mol. The molecule has 0 aliphatic heterocycles. The quantitative estimate of drug-likeness (QED) is 0.772. The summed E-state index contributed by atoms with van der Waals surface area (Å²) in [7, 11) is 0. The van der Waals surface area contributed by atoms with Crippen molar-refractivity contribution in [2.75, 3.05) is 5.32 Å². The van der Waals surface area contributed by atoms with Gasteiger partial charge in [-0.15, -0.1) is 0 Å². The fourth-order valence-electron chi connectivity index (χ4n) is 1.55. The van der Waals surface area contributed by atoms with Gasteiger partial charge >= 0.3 is 0 Å². The van der Waals surface area contributed by atoms with Crippen LogP contribution in [0.3, 0.4) is 0 Å². The molecule has 0 radical (unpaired) electrons. The Kier molecular flexibility index (Phi) is 5.27. The van der Waals surface area contributed by atoms with E-state index >= 15 is 0 Å². The first-order chi connectivity index (χ1) is 7.17. The molecule has 1 aromatic carbocycles. The van der Waals surface area contributed by atoms with Crippen LogP contribution in [0, 0.1) is 0 Å². The molecule has 1 nitrogen and oxygen atoms in total. The molecule has 0 spiro atoms. The molecule has 3 heteroatoms. The standard InChI is InChI=1S/C12H17Cl2N/c1-3-5-10(4-2)15-12-8-9(13)6-7-11(12)14/h6-8,10,15H,3-5H2,1-2H3. The Morgan fingerprint density at radius 2 is 2.00 bits per heavy atom. The van der Waals surface area contributed by atoms with Gasteiger partial charge in [-0.2, -0.15) is 0 Å². The smallest absolute Gasteiger partial charge is 0.0638 e. The molecule has 0 saturated heterocycles. The second kappa shape index (κ2) is 6.24. The Labute approximate surface area is 102 Å². The van der Waals surface area contributed by atoms with E-state index in [-0.39, 0.29) is 0 Å². The van der Waals surface area contributed by atoms with E-state index in [1.807, 2.05) is 12.1 Å². The maximum Gasteiger partial charge on any atom is 0.0638 e. The predicted molar refractivity (Wildman–Crippen MR) is 69.1 cm³/mol. The first kappa shape index (κ1) is 12.7. The molecule has 0 heterocycles. The minimum absolute atomic E-state index is 0.478. The lowest BCUT2D eigenvalue weighted by atomic mass is 10.1. The summed E-state index contributed by atoms with van der Waals surface area (Å²) in [6, 6.07) is 5.98.